The van der Waals surface area contributed by atoms with Gasteiger partial charge in [0.15, 0.2) is 5.76 Å². The minimum absolute atomic E-state index is 0.203. The molecule has 0 spiro atoms. The number of nitrogens with zero attached hydrogens (tertiary/aromatic N) is 2. The molecule has 1 aliphatic rings. The summed E-state index contributed by atoms with van der Waals surface area (Å²) in [5.74, 6) is -0.499. The molecule has 0 unspecified atom stereocenters. The Balaban J connectivity index is 2.02. The number of aromatic nitrogens is 1. The van der Waals surface area contributed by atoms with Crippen LogP contribution >= 0.6 is 15.9 Å². The van der Waals surface area contributed by atoms with Crippen LogP contribution in [0.1, 0.15) is 21.8 Å². The van der Waals surface area contributed by atoms with Crippen LogP contribution in [-0.2, 0) is 11.3 Å². The summed E-state index contributed by atoms with van der Waals surface area (Å²) in [4.78, 5) is 25.4. The van der Waals surface area contributed by atoms with Gasteiger partial charge in [0.2, 0.25) is 0 Å². The normalized spacial score (nSPS) is 14.1. The lowest BCUT2D eigenvalue weighted by Gasteiger charge is -2.14. The minimum Gasteiger partial charge on any atom is -0.359 e. The molecule has 1 aliphatic heterocycles. The molecular formula is C13H9BrN2O3. The molecule has 0 radical (unpaired) electrons. The third-order valence-corrected chi connectivity index (χ3v) is 3.60. The zero-order chi connectivity index (χ0) is 13.6. The van der Waals surface area contributed by atoms with Gasteiger partial charge in [0.25, 0.3) is 11.7 Å². The van der Waals surface area contributed by atoms with Crippen LogP contribution in [0.4, 0.5) is 5.69 Å². The van der Waals surface area contributed by atoms with Crippen LogP contribution in [0, 0.1) is 6.92 Å². The quantitative estimate of drug-likeness (QED) is 0.797. The van der Waals surface area contributed by atoms with Gasteiger partial charge in [0.05, 0.1) is 23.5 Å². The third kappa shape index (κ3) is 1.88. The fraction of sp³-hybridized carbons (Fsp3) is 0.154. The van der Waals surface area contributed by atoms with E-state index in [9.17, 15) is 9.59 Å². The van der Waals surface area contributed by atoms with Crippen LogP contribution < -0.4 is 4.90 Å². The SMILES string of the molecule is Cc1cc(CN2C(=O)C(=O)c3c(Br)cccc32)on1. The zero-order valence-electron chi connectivity index (χ0n) is 10.0. The smallest absolute Gasteiger partial charge is 0.299 e. The van der Waals surface area contributed by atoms with Crippen molar-refractivity contribution in [1.82, 2.24) is 5.16 Å². The maximum absolute atomic E-state index is 12.0. The molecule has 19 heavy (non-hydrogen) atoms. The highest BCUT2D eigenvalue weighted by Crippen LogP contribution is 2.35. The van der Waals surface area contributed by atoms with Crippen molar-refractivity contribution < 1.29 is 14.1 Å². The van der Waals surface area contributed by atoms with E-state index in [1.54, 1.807) is 31.2 Å². The Morgan fingerprint density at radius 3 is 2.84 bits per heavy atom. The van der Waals surface area contributed by atoms with E-state index in [-0.39, 0.29) is 6.54 Å². The molecule has 0 saturated heterocycles. The average molecular weight is 321 g/mol. The van der Waals surface area contributed by atoms with Crippen LogP contribution in [0.3, 0.4) is 0 Å². The molecule has 6 heteroatoms. The van der Waals surface area contributed by atoms with Gasteiger partial charge in [0.1, 0.15) is 0 Å². The largest absolute Gasteiger partial charge is 0.359 e. The maximum atomic E-state index is 12.0. The van der Waals surface area contributed by atoms with Crippen molar-refractivity contribution in [3.63, 3.8) is 0 Å². The Morgan fingerprint density at radius 1 is 1.37 bits per heavy atom. The van der Waals surface area contributed by atoms with Crippen LogP contribution in [-0.4, -0.2) is 16.8 Å². The lowest BCUT2D eigenvalue weighted by Crippen LogP contribution is -2.28. The van der Waals surface area contributed by atoms with E-state index < -0.39 is 11.7 Å². The number of anilines is 1. The van der Waals surface area contributed by atoms with E-state index in [1.165, 1.54) is 4.90 Å². The van der Waals surface area contributed by atoms with E-state index >= 15 is 0 Å². The fourth-order valence-electron chi connectivity index (χ4n) is 2.11. The van der Waals surface area contributed by atoms with Crippen LogP contribution in [0.2, 0.25) is 0 Å². The van der Waals surface area contributed by atoms with Crippen LogP contribution in [0.25, 0.3) is 0 Å². The standard InChI is InChI=1S/C13H9BrN2O3/c1-7-5-8(19-15-7)6-16-10-4-2-3-9(14)11(10)12(17)13(16)18/h2-5H,6H2,1H3. The molecule has 0 N–H and O–H groups in total. The second kappa shape index (κ2) is 4.31. The summed E-state index contributed by atoms with van der Waals surface area (Å²) in [5, 5.41) is 3.77. The van der Waals surface area contributed by atoms with Gasteiger partial charge in [-0.05, 0) is 35.0 Å². The minimum atomic E-state index is -0.545. The molecule has 0 saturated carbocycles. The fourth-order valence-corrected chi connectivity index (χ4v) is 2.64. The highest BCUT2D eigenvalue weighted by molar-refractivity contribution is 9.10. The van der Waals surface area contributed by atoms with Crippen molar-refractivity contribution in [2.45, 2.75) is 13.5 Å². The molecule has 1 amide bonds. The monoisotopic (exact) mass is 320 g/mol. The summed E-state index contributed by atoms with van der Waals surface area (Å²) in [6.45, 7) is 2.00. The van der Waals surface area contributed by atoms with E-state index in [1.807, 2.05) is 0 Å². The first-order valence-electron chi connectivity index (χ1n) is 5.65. The molecule has 3 rings (SSSR count). The predicted octanol–water partition coefficient (Wildman–Crippen LogP) is 2.48. The lowest BCUT2D eigenvalue weighted by atomic mass is 10.1. The van der Waals surface area contributed by atoms with Crippen molar-refractivity contribution in [3.05, 3.63) is 45.8 Å². The maximum Gasteiger partial charge on any atom is 0.299 e. The van der Waals surface area contributed by atoms with Gasteiger partial charge < -0.3 is 4.52 Å². The number of hydrogen-bond acceptors (Lipinski definition) is 4. The van der Waals surface area contributed by atoms with Crippen LogP contribution in [0.15, 0.2) is 33.3 Å². The summed E-state index contributed by atoms with van der Waals surface area (Å²) < 4.78 is 5.71. The van der Waals surface area contributed by atoms with Gasteiger partial charge in [-0.1, -0.05) is 11.2 Å². The number of carbonyl (C=O) groups excluding carboxylic acids is 2. The molecule has 0 atom stereocenters. The number of carbonyl (C=O) groups is 2. The molecule has 96 valence electrons. The summed E-state index contributed by atoms with van der Waals surface area (Å²) in [6, 6.07) is 7.01. The Morgan fingerprint density at radius 2 is 2.16 bits per heavy atom. The molecule has 1 aromatic carbocycles. The number of benzene rings is 1. The zero-order valence-corrected chi connectivity index (χ0v) is 11.6. The van der Waals surface area contributed by atoms with E-state index in [2.05, 4.69) is 21.1 Å². The van der Waals surface area contributed by atoms with Gasteiger partial charge in [0, 0.05) is 10.5 Å². The molecule has 2 heterocycles. The van der Waals surface area contributed by atoms with Gasteiger partial charge in [-0.2, -0.15) is 0 Å². The number of fused-ring (bicyclic) bond motifs is 1. The molecular weight excluding hydrogens is 312 g/mol. The second-order valence-electron chi connectivity index (χ2n) is 4.29. The van der Waals surface area contributed by atoms with Crippen molar-refractivity contribution in [2.75, 3.05) is 4.90 Å². The summed E-state index contributed by atoms with van der Waals surface area (Å²) >= 11 is 3.30. The van der Waals surface area contributed by atoms with Crippen molar-refractivity contribution >= 4 is 33.3 Å². The van der Waals surface area contributed by atoms with Crippen LogP contribution in [0.5, 0.6) is 0 Å². The number of ketones is 1. The van der Waals surface area contributed by atoms with Gasteiger partial charge >= 0.3 is 0 Å². The first kappa shape index (κ1) is 12.1. The first-order valence-corrected chi connectivity index (χ1v) is 6.44. The second-order valence-corrected chi connectivity index (χ2v) is 5.14. The summed E-state index contributed by atoms with van der Waals surface area (Å²) in [5.41, 5.74) is 1.74. The van der Waals surface area contributed by atoms with Gasteiger partial charge in [-0.3, -0.25) is 14.5 Å². The number of Topliss-reactive ketones (excluding diaryl/α,β-unsaturated/α-hetero) is 1. The highest BCUT2D eigenvalue weighted by atomic mass is 79.9. The topological polar surface area (TPSA) is 63.4 Å². The molecule has 2 aromatic rings. The molecule has 0 aliphatic carbocycles. The van der Waals surface area contributed by atoms with Crippen molar-refractivity contribution in [1.29, 1.82) is 0 Å². The highest BCUT2D eigenvalue weighted by Gasteiger charge is 2.37. The van der Waals surface area contributed by atoms with Crippen molar-refractivity contribution in [2.24, 2.45) is 0 Å². The Labute approximate surface area is 117 Å². The molecule has 0 bridgehead atoms. The Bertz CT molecular complexity index is 693. The summed E-state index contributed by atoms with van der Waals surface area (Å²) in [7, 11) is 0. The van der Waals surface area contributed by atoms with E-state index in [0.29, 0.717) is 21.5 Å². The number of hydrogen-bond donors (Lipinski definition) is 0. The molecule has 1 aromatic heterocycles. The Hall–Kier alpha value is -1.95. The number of halogens is 1. The van der Waals surface area contributed by atoms with Gasteiger partial charge in [-0.25, -0.2) is 0 Å². The Kier molecular flexibility index (Phi) is 2.74. The molecule has 0 fully saturated rings. The first-order chi connectivity index (χ1) is 9.08. The van der Waals surface area contributed by atoms with Gasteiger partial charge in [-0.15, -0.1) is 0 Å². The average Bonchev–Trinajstić information content (AvgIpc) is 2.88. The van der Waals surface area contributed by atoms with Crippen molar-refractivity contribution in [3.8, 4) is 0 Å². The van der Waals surface area contributed by atoms with E-state index in [4.69, 9.17) is 4.52 Å². The number of aryl methyl sites for hydroxylation is 1. The molecule has 5 nitrogen and oxygen atoms in total. The summed E-state index contributed by atoms with van der Waals surface area (Å²) in [6.07, 6.45) is 0. The predicted molar refractivity (Wildman–Crippen MR) is 70.9 cm³/mol. The third-order valence-electron chi connectivity index (χ3n) is 2.94. The number of rotatable bonds is 2. The van der Waals surface area contributed by atoms with E-state index in [0.717, 1.165) is 5.69 Å². The lowest BCUT2D eigenvalue weighted by molar-refractivity contribution is -0.114. The number of amides is 1.